The minimum absolute atomic E-state index is 0.631. The highest BCUT2D eigenvalue weighted by atomic mass is 127. The molecule has 1 aromatic rings. The summed E-state index contributed by atoms with van der Waals surface area (Å²) in [5, 5.41) is 4.39. The van der Waals surface area contributed by atoms with Gasteiger partial charge in [0.25, 0.3) is 0 Å². The Kier molecular flexibility index (Phi) is 3.69. The molecule has 0 heterocycles. The summed E-state index contributed by atoms with van der Waals surface area (Å²) < 4.78 is 0.879. The van der Waals surface area contributed by atoms with Crippen LogP contribution in [0.3, 0.4) is 0 Å². The zero-order valence-electron chi connectivity index (χ0n) is 7.08. The number of imide groups is 1. The predicted molar refractivity (Wildman–Crippen MR) is 60.9 cm³/mol. The standard InChI is InChI=1S/C8H8IN3O2/c9-5-3-1-2-4-6(5)11-8(14)12-7(10)13/h1-4H,(H4,10,11,12,13,14). The molecule has 0 saturated heterocycles. The van der Waals surface area contributed by atoms with Crippen LogP contribution in [0.15, 0.2) is 24.3 Å². The summed E-state index contributed by atoms with van der Waals surface area (Å²) in [7, 11) is 0. The topological polar surface area (TPSA) is 84.2 Å². The van der Waals surface area contributed by atoms with Crippen molar-refractivity contribution < 1.29 is 9.59 Å². The van der Waals surface area contributed by atoms with Gasteiger partial charge < -0.3 is 11.1 Å². The number of primary amides is 1. The molecule has 0 bridgehead atoms. The van der Waals surface area contributed by atoms with E-state index in [0.717, 1.165) is 3.57 Å². The van der Waals surface area contributed by atoms with Crippen molar-refractivity contribution in [3.8, 4) is 0 Å². The highest BCUT2D eigenvalue weighted by Gasteiger charge is 2.05. The Hall–Kier alpha value is -1.31. The van der Waals surface area contributed by atoms with Crippen molar-refractivity contribution in [3.05, 3.63) is 27.8 Å². The Bertz CT molecular complexity index is 367. The van der Waals surface area contributed by atoms with E-state index in [2.05, 4.69) is 27.9 Å². The lowest BCUT2D eigenvalue weighted by molar-refractivity contribution is 0.238. The maximum atomic E-state index is 11.0. The molecule has 5 nitrogen and oxygen atoms in total. The van der Waals surface area contributed by atoms with E-state index in [1.165, 1.54) is 0 Å². The van der Waals surface area contributed by atoms with Crippen LogP contribution >= 0.6 is 22.6 Å². The molecule has 1 rings (SSSR count). The second-order valence-corrected chi connectivity index (χ2v) is 3.59. The lowest BCUT2D eigenvalue weighted by Gasteiger charge is -2.06. The number of halogens is 1. The van der Waals surface area contributed by atoms with E-state index < -0.39 is 12.1 Å². The number of nitrogens with two attached hydrogens (primary N) is 1. The number of amides is 4. The highest BCUT2D eigenvalue weighted by Crippen LogP contribution is 2.16. The molecular formula is C8H8IN3O2. The van der Waals surface area contributed by atoms with E-state index in [4.69, 9.17) is 5.73 Å². The average molecular weight is 305 g/mol. The second kappa shape index (κ2) is 4.80. The van der Waals surface area contributed by atoms with Crippen LogP contribution in [0.1, 0.15) is 0 Å². The Labute approximate surface area is 94.2 Å². The minimum Gasteiger partial charge on any atom is -0.351 e. The van der Waals surface area contributed by atoms with E-state index in [9.17, 15) is 9.59 Å². The van der Waals surface area contributed by atoms with E-state index in [1.807, 2.05) is 17.4 Å². The van der Waals surface area contributed by atoms with Crippen LogP contribution in [0.2, 0.25) is 0 Å². The number of carbonyl (C=O) groups excluding carboxylic acids is 2. The molecule has 0 aliphatic carbocycles. The van der Waals surface area contributed by atoms with Crippen LogP contribution < -0.4 is 16.4 Å². The molecule has 0 aromatic heterocycles. The molecule has 0 aliphatic rings. The van der Waals surface area contributed by atoms with Gasteiger partial charge in [0.05, 0.1) is 5.69 Å². The smallest absolute Gasteiger partial charge is 0.327 e. The van der Waals surface area contributed by atoms with Gasteiger partial charge in [0.2, 0.25) is 0 Å². The van der Waals surface area contributed by atoms with Gasteiger partial charge in [-0.15, -0.1) is 0 Å². The van der Waals surface area contributed by atoms with E-state index in [1.54, 1.807) is 12.1 Å². The molecule has 0 spiro atoms. The number of para-hydroxylation sites is 1. The Morgan fingerprint density at radius 3 is 2.50 bits per heavy atom. The fourth-order valence-corrected chi connectivity index (χ4v) is 1.35. The van der Waals surface area contributed by atoms with Crippen LogP contribution in [-0.4, -0.2) is 12.1 Å². The molecule has 0 fully saturated rings. The number of nitrogens with one attached hydrogen (secondary N) is 2. The monoisotopic (exact) mass is 305 g/mol. The van der Waals surface area contributed by atoms with Gasteiger partial charge in [0, 0.05) is 3.57 Å². The van der Waals surface area contributed by atoms with Gasteiger partial charge in [0.15, 0.2) is 0 Å². The number of anilines is 1. The van der Waals surface area contributed by atoms with Crippen molar-refractivity contribution in [3.63, 3.8) is 0 Å². The molecule has 4 amide bonds. The summed E-state index contributed by atoms with van der Waals surface area (Å²) in [6, 6.07) is 5.67. The Morgan fingerprint density at radius 2 is 1.93 bits per heavy atom. The zero-order chi connectivity index (χ0) is 10.6. The van der Waals surface area contributed by atoms with E-state index >= 15 is 0 Å². The average Bonchev–Trinajstić information content (AvgIpc) is 2.07. The van der Waals surface area contributed by atoms with Gasteiger partial charge in [-0.2, -0.15) is 0 Å². The fourth-order valence-electron chi connectivity index (χ4n) is 0.828. The summed E-state index contributed by atoms with van der Waals surface area (Å²) in [6.45, 7) is 0. The largest absolute Gasteiger partial charge is 0.351 e. The lowest BCUT2D eigenvalue weighted by atomic mass is 10.3. The molecule has 74 valence electrons. The van der Waals surface area contributed by atoms with Gasteiger partial charge in [-0.25, -0.2) is 9.59 Å². The van der Waals surface area contributed by atoms with Crippen LogP contribution in [0.4, 0.5) is 15.3 Å². The van der Waals surface area contributed by atoms with Gasteiger partial charge in [-0.1, -0.05) is 12.1 Å². The number of urea groups is 2. The molecular weight excluding hydrogens is 297 g/mol. The highest BCUT2D eigenvalue weighted by molar-refractivity contribution is 14.1. The van der Waals surface area contributed by atoms with Crippen molar-refractivity contribution in [2.75, 3.05) is 5.32 Å². The number of hydrogen-bond acceptors (Lipinski definition) is 2. The summed E-state index contributed by atoms with van der Waals surface area (Å²) in [5.74, 6) is 0. The number of hydrogen-bond donors (Lipinski definition) is 3. The van der Waals surface area contributed by atoms with E-state index in [-0.39, 0.29) is 0 Å². The van der Waals surface area contributed by atoms with Crippen LogP contribution in [0, 0.1) is 3.57 Å². The van der Waals surface area contributed by atoms with Gasteiger partial charge in [0.1, 0.15) is 0 Å². The van der Waals surface area contributed by atoms with Gasteiger partial charge >= 0.3 is 12.1 Å². The van der Waals surface area contributed by atoms with Crippen molar-refractivity contribution in [1.29, 1.82) is 0 Å². The lowest BCUT2D eigenvalue weighted by Crippen LogP contribution is -2.38. The van der Waals surface area contributed by atoms with Crippen LogP contribution in [-0.2, 0) is 0 Å². The molecule has 0 unspecified atom stereocenters. The maximum absolute atomic E-state index is 11.0. The Morgan fingerprint density at radius 1 is 1.29 bits per heavy atom. The first-order valence-electron chi connectivity index (χ1n) is 3.71. The van der Waals surface area contributed by atoms with Crippen LogP contribution in [0.5, 0.6) is 0 Å². The SMILES string of the molecule is NC(=O)NC(=O)Nc1ccccc1I. The number of carbonyl (C=O) groups is 2. The zero-order valence-corrected chi connectivity index (χ0v) is 9.24. The van der Waals surface area contributed by atoms with Gasteiger partial charge in [-0.3, -0.25) is 5.32 Å². The first-order valence-corrected chi connectivity index (χ1v) is 4.79. The summed E-state index contributed by atoms with van der Waals surface area (Å²) in [6.07, 6.45) is 0. The molecule has 1 aromatic carbocycles. The number of rotatable bonds is 1. The molecule has 0 saturated carbocycles. The van der Waals surface area contributed by atoms with Crippen molar-refractivity contribution in [2.24, 2.45) is 5.73 Å². The summed E-state index contributed by atoms with van der Waals surface area (Å²) in [4.78, 5) is 21.4. The molecule has 14 heavy (non-hydrogen) atoms. The summed E-state index contributed by atoms with van der Waals surface area (Å²) in [5.41, 5.74) is 5.40. The van der Waals surface area contributed by atoms with Crippen molar-refractivity contribution in [1.82, 2.24) is 5.32 Å². The normalized spacial score (nSPS) is 9.21. The third-order valence-electron chi connectivity index (χ3n) is 1.36. The second-order valence-electron chi connectivity index (χ2n) is 2.42. The quantitative estimate of drug-likeness (QED) is 0.687. The third-order valence-corrected chi connectivity index (χ3v) is 2.30. The van der Waals surface area contributed by atoms with E-state index in [0.29, 0.717) is 5.69 Å². The molecule has 0 radical (unpaired) electrons. The maximum Gasteiger partial charge on any atom is 0.327 e. The summed E-state index contributed by atoms with van der Waals surface area (Å²) >= 11 is 2.07. The predicted octanol–water partition coefficient (Wildman–Crippen LogP) is 1.49. The molecule has 4 N–H and O–H groups in total. The first-order chi connectivity index (χ1) is 6.59. The fraction of sp³-hybridized carbons (Fsp3) is 0. The Balaban J connectivity index is 2.65. The first kappa shape index (κ1) is 10.8. The third kappa shape index (κ3) is 3.21. The number of benzene rings is 1. The molecule has 0 aliphatic heterocycles. The molecule has 0 atom stereocenters. The van der Waals surface area contributed by atoms with Crippen molar-refractivity contribution in [2.45, 2.75) is 0 Å². The minimum atomic E-state index is -0.881. The van der Waals surface area contributed by atoms with Crippen LogP contribution in [0.25, 0.3) is 0 Å². The molecule has 6 heteroatoms. The van der Waals surface area contributed by atoms with Gasteiger partial charge in [-0.05, 0) is 34.7 Å². The van der Waals surface area contributed by atoms with Crippen molar-refractivity contribution >= 4 is 40.3 Å².